The van der Waals surface area contributed by atoms with Crippen molar-refractivity contribution in [2.75, 3.05) is 7.11 Å². The number of ether oxygens (including phenoxy) is 1. The summed E-state index contributed by atoms with van der Waals surface area (Å²) in [5.41, 5.74) is 3.38. The van der Waals surface area contributed by atoms with Crippen LogP contribution < -0.4 is 10.3 Å². The topological polar surface area (TPSA) is 74.3 Å². The highest BCUT2D eigenvalue weighted by atomic mass is 32.2. The smallest absolute Gasteiger partial charge is 0.267 e. The van der Waals surface area contributed by atoms with Crippen LogP contribution in [-0.2, 0) is 5.75 Å². The summed E-state index contributed by atoms with van der Waals surface area (Å²) in [7, 11) is 1.60. The zero-order valence-electron chi connectivity index (χ0n) is 18.3. The molecule has 0 aliphatic carbocycles. The Kier molecular flexibility index (Phi) is 5.00. The normalized spacial score (nSPS) is 11.4. The van der Waals surface area contributed by atoms with Gasteiger partial charge in [0.1, 0.15) is 5.75 Å². The van der Waals surface area contributed by atoms with Gasteiger partial charge >= 0.3 is 0 Å². The monoisotopic (exact) mass is 465 g/mol. The van der Waals surface area contributed by atoms with Crippen LogP contribution in [0.5, 0.6) is 5.75 Å². The predicted molar refractivity (Wildman–Crippen MR) is 134 cm³/mol. The standard InChI is InChI=1S/C26H19N5O2S/c1-33-20-11-5-10-19(15-20)30-24(32)21-12-2-3-13-22(21)31-25(30)28-29-26(31)34-16-18-8-4-7-17-9-6-14-27-23(17)18/h2-15H,16H2,1H3. The average molecular weight is 466 g/mol. The molecule has 0 unspecified atom stereocenters. The fraction of sp³-hybridized carbons (Fsp3) is 0.0769. The molecule has 0 aliphatic heterocycles. The van der Waals surface area contributed by atoms with Crippen molar-refractivity contribution >= 4 is 39.3 Å². The first-order chi connectivity index (χ1) is 16.7. The molecule has 3 aromatic carbocycles. The molecule has 3 aromatic heterocycles. The predicted octanol–water partition coefficient (Wildman–Crippen LogP) is 4.88. The lowest BCUT2D eigenvalue weighted by molar-refractivity contribution is 0.414. The summed E-state index contributed by atoms with van der Waals surface area (Å²) in [5.74, 6) is 1.78. The Hall–Kier alpha value is -4.17. The van der Waals surface area contributed by atoms with Crippen LogP contribution >= 0.6 is 11.8 Å². The van der Waals surface area contributed by atoms with Gasteiger partial charge in [-0.2, -0.15) is 0 Å². The zero-order chi connectivity index (χ0) is 23.1. The van der Waals surface area contributed by atoms with E-state index in [0.717, 1.165) is 22.0 Å². The summed E-state index contributed by atoms with van der Waals surface area (Å²) in [4.78, 5) is 18.1. The molecule has 0 N–H and O–H groups in total. The lowest BCUT2D eigenvalue weighted by atomic mass is 10.1. The number of thioether (sulfide) groups is 1. The van der Waals surface area contributed by atoms with E-state index in [9.17, 15) is 4.79 Å². The quantitative estimate of drug-likeness (QED) is 0.338. The molecule has 3 heterocycles. The van der Waals surface area contributed by atoms with Gasteiger partial charge in [-0.25, -0.2) is 4.57 Å². The molecule has 0 amide bonds. The first kappa shape index (κ1) is 20.4. The Morgan fingerprint density at radius 3 is 2.71 bits per heavy atom. The van der Waals surface area contributed by atoms with E-state index in [1.807, 2.05) is 71.3 Å². The maximum Gasteiger partial charge on any atom is 0.267 e. The number of fused-ring (bicyclic) bond motifs is 4. The second-order valence-corrected chi connectivity index (χ2v) is 8.70. The molecule has 166 valence electrons. The van der Waals surface area contributed by atoms with Gasteiger partial charge < -0.3 is 4.74 Å². The van der Waals surface area contributed by atoms with Crippen LogP contribution in [0.1, 0.15) is 5.56 Å². The zero-order valence-corrected chi connectivity index (χ0v) is 19.1. The van der Waals surface area contributed by atoms with Crippen LogP contribution in [0.2, 0.25) is 0 Å². The Morgan fingerprint density at radius 2 is 1.79 bits per heavy atom. The number of aromatic nitrogens is 5. The lowest BCUT2D eigenvalue weighted by Gasteiger charge is -2.12. The number of rotatable bonds is 5. The number of para-hydroxylation sites is 2. The highest BCUT2D eigenvalue weighted by Crippen LogP contribution is 2.28. The molecule has 0 saturated carbocycles. The van der Waals surface area contributed by atoms with E-state index in [2.05, 4.69) is 33.4 Å². The van der Waals surface area contributed by atoms with Crippen LogP contribution in [0.4, 0.5) is 0 Å². The van der Waals surface area contributed by atoms with Gasteiger partial charge in [-0.15, -0.1) is 10.2 Å². The molecular weight excluding hydrogens is 446 g/mol. The first-order valence-electron chi connectivity index (χ1n) is 10.7. The third kappa shape index (κ3) is 3.31. The third-order valence-electron chi connectivity index (χ3n) is 5.78. The number of hydrogen-bond donors (Lipinski definition) is 0. The van der Waals surface area contributed by atoms with E-state index >= 15 is 0 Å². The van der Waals surface area contributed by atoms with E-state index in [0.29, 0.717) is 33.5 Å². The van der Waals surface area contributed by atoms with Crippen molar-refractivity contribution < 1.29 is 4.74 Å². The van der Waals surface area contributed by atoms with E-state index in [-0.39, 0.29) is 5.56 Å². The van der Waals surface area contributed by atoms with E-state index in [4.69, 9.17) is 4.74 Å². The van der Waals surface area contributed by atoms with Crippen molar-refractivity contribution in [1.82, 2.24) is 24.1 Å². The van der Waals surface area contributed by atoms with Crippen LogP contribution in [-0.4, -0.2) is 31.3 Å². The molecule has 0 bridgehead atoms. The molecule has 0 spiro atoms. The van der Waals surface area contributed by atoms with Gasteiger partial charge in [-0.05, 0) is 35.9 Å². The molecule has 7 nitrogen and oxygen atoms in total. The number of hydrogen-bond acceptors (Lipinski definition) is 6. The molecule has 0 radical (unpaired) electrons. The molecule has 6 aromatic rings. The van der Waals surface area contributed by atoms with Crippen molar-refractivity contribution in [3.05, 3.63) is 101 Å². The summed E-state index contributed by atoms with van der Waals surface area (Å²) in [5, 5.41) is 11.3. The number of pyridine rings is 1. The van der Waals surface area contributed by atoms with Crippen molar-refractivity contribution in [2.24, 2.45) is 0 Å². The second kappa shape index (κ2) is 8.31. The van der Waals surface area contributed by atoms with Crippen molar-refractivity contribution in [3.63, 3.8) is 0 Å². The lowest BCUT2D eigenvalue weighted by Crippen LogP contribution is -2.21. The fourth-order valence-electron chi connectivity index (χ4n) is 4.18. The van der Waals surface area contributed by atoms with Gasteiger partial charge in [0.2, 0.25) is 5.78 Å². The van der Waals surface area contributed by atoms with E-state index < -0.39 is 0 Å². The van der Waals surface area contributed by atoms with Gasteiger partial charge in [0.15, 0.2) is 5.16 Å². The number of nitrogens with zero attached hydrogens (tertiary/aromatic N) is 5. The highest BCUT2D eigenvalue weighted by Gasteiger charge is 2.18. The molecule has 0 saturated heterocycles. The van der Waals surface area contributed by atoms with Crippen LogP contribution in [0, 0.1) is 0 Å². The van der Waals surface area contributed by atoms with E-state index in [1.165, 1.54) is 0 Å². The van der Waals surface area contributed by atoms with Gasteiger partial charge in [-0.1, -0.05) is 54.2 Å². The molecule has 0 fully saturated rings. The Labute approximate surface area is 198 Å². The molecule has 0 aliphatic rings. The third-order valence-corrected chi connectivity index (χ3v) is 6.76. The minimum Gasteiger partial charge on any atom is -0.497 e. The number of benzene rings is 3. The summed E-state index contributed by atoms with van der Waals surface area (Å²) < 4.78 is 8.90. The minimum absolute atomic E-state index is 0.154. The molecule has 0 atom stereocenters. The van der Waals surface area contributed by atoms with Crippen molar-refractivity contribution in [1.29, 1.82) is 0 Å². The summed E-state index contributed by atoms with van der Waals surface area (Å²) in [6.45, 7) is 0. The van der Waals surface area contributed by atoms with E-state index in [1.54, 1.807) is 23.4 Å². The SMILES string of the molecule is COc1cccc(-n2c(=O)c3ccccc3n3c(SCc4cccc5cccnc45)nnc23)c1. The van der Waals surface area contributed by atoms with Crippen molar-refractivity contribution in [3.8, 4) is 11.4 Å². The minimum atomic E-state index is -0.154. The summed E-state index contributed by atoms with van der Waals surface area (Å²) >= 11 is 1.57. The Balaban J connectivity index is 1.53. The Bertz CT molecular complexity index is 1740. The van der Waals surface area contributed by atoms with Crippen LogP contribution in [0.15, 0.2) is 95.0 Å². The highest BCUT2D eigenvalue weighted by molar-refractivity contribution is 7.98. The van der Waals surface area contributed by atoms with Gasteiger partial charge in [0.05, 0.1) is 29.2 Å². The maximum atomic E-state index is 13.5. The second-order valence-electron chi connectivity index (χ2n) is 7.76. The molecular formula is C26H19N5O2S. The Morgan fingerprint density at radius 1 is 0.941 bits per heavy atom. The van der Waals surface area contributed by atoms with Gasteiger partial charge in [-0.3, -0.25) is 14.2 Å². The molecule has 8 heteroatoms. The average Bonchev–Trinajstić information content (AvgIpc) is 3.31. The summed E-state index contributed by atoms with van der Waals surface area (Å²) in [6.07, 6.45) is 1.81. The summed E-state index contributed by atoms with van der Waals surface area (Å²) in [6, 6.07) is 25.1. The van der Waals surface area contributed by atoms with Gasteiger partial charge in [0.25, 0.3) is 5.56 Å². The first-order valence-corrected chi connectivity index (χ1v) is 11.7. The number of methoxy groups -OCH3 is 1. The molecule has 6 rings (SSSR count). The van der Waals surface area contributed by atoms with Crippen LogP contribution in [0.3, 0.4) is 0 Å². The fourth-order valence-corrected chi connectivity index (χ4v) is 5.11. The van der Waals surface area contributed by atoms with Gasteiger partial charge in [0, 0.05) is 23.4 Å². The van der Waals surface area contributed by atoms with Crippen LogP contribution in [0.25, 0.3) is 33.3 Å². The maximum absolute atomic E-state index is 13.5. The van der Waals surface area contributed by atoms with Crippen molar-refractivity contribution in [2.45, 2.75) is 10.9 Å². The largest absolute Gasteiger partial charge is 0.497 e. The molecule has 34 heavy (non-hydrogen) atoms.